The van der Waals surface area contributed by atoms with Gasteiger partial charge in [0, 0.05) is 23.5 Å². The second-order valence-corrected chi connectivity index (χ2v) is 6.43. The maximum atomic E-state index is 12.4. The van der Waals surface area contributed by atoms with Crippen LogP contribution in [0, 0.1) is 6.92 Å². The van der Waals surface area contributed by atoms with E-state index < -0.39 is 0 Å². The highest BCUT2D eigenvalue weighted by Gasteiger charge is 2.16. The van der Waals surface area contributed by atoms with E-state index in [2.05, 4.69) is 13.8 Å². The van der Waals surface area contributed by atoms with E-state index in [0.717, 1.165) is 16.9 Å². The van der Waals surface area contributed by atoms with Crippen LogP contribution >= 0.6 is 22.9 Å². The van der Waals surface area contributed by atoms with Crippen molar-refractivity contribution in [2.45, 2.75) is 26.8 Å². The molecule has 2 rings (SSSR count). The molecule has 1 heterocycles. The number of hydrogen-bond donors (Lipinski definition) is 0. The quantitative estimate of drug-likeness (QED) is 0.812. The van der Waals surface area contributed by atoms with Crippen LogP contribution < -0.4 is 0 Å². The predicted molar refractivity (Wildman–Crippen MR) is 85.7 cm³/mol. The van der Waals surface area contributed by atoms with Crippen LogP contribution in [0.4, 0.5) is 0 Å². The van der Waals surface area contributed by atoms with E-state index in [0.29, 0.717) is 11.6 Å². The molecule has 0 atom stereocenters. The molecule has 2 aromatic rings. The predicted octanol–water partition coefficient (Wildman–Crippen LogP) is 4.54. The number of hydrogen-bond acceptors (Lipinski definition) is 2. The van der Waals surface area contributed by atoms with Crippen molar-refractivity contribution in [3.05, 3.63) is 56.2 Å². The molecule has 2 nitrogen and oxygen atoms in total. The topological polar surface area (TPSA) is 20.3 Å². The molecule has 1 aromatic heterocycles. The van der Waals surface area contributed by atoms with Crippen LogP contribution in [0.1, 0.15) is 32.6 Å². The van der Waals surface area contributed by atoms with Gasteiger partial charge in [-0.1, -0.05) is 30.7 Å². The highest BCUT2D eigenvalue weighted by atomic mass is 35.5. The van der Waals surface area contributed by atoms with Gasteiger partial charge in [0.25, 0.3) is 5.91 Å². The van der Waals surface area contributed by atoms with Gasteiger partial charge < -0.3 is 4.90 Å². The first-order valence-corrected chi connectivity index (χ1v) is 7.80. The summed E-state index contributed by atoms with van der Waals surface area (Å²) in [5.41, 5.74) is 2.24. The summed E-state index contributed by atoms with van der Waals surface area (Å²) in [7, 11) is 1.82. The van der Waals surface area contributed by atoms with E-state index in [4.69, 9.17) is 11.6 Å². The highest BCUT2D eigenvalue weighted by Crippen LogP contribution is 2.24. The summed E-state index contributed by atoms with van der Waals surface area (Å²) in [6.07, 6.45) is 0.974. The van der Waals surface area contributed by atoms with Crippen molar-refractivity contribution in [3.8, 4) is 0 Å². The zero-order valence-corrected chi connectivity index (χ0v) is 13.5. The van der Waals surface area contributed by atoms with Crippen molar-refractivity contribution >= 4 is 28.8 Å². The molecule has 0 fully saturated rings. The fourth-order valence-corrected chi connectivity index (χ4v) is 3.47. The van der Waals surface area contributed by atoms with Gasteiger partial charge in [0.1, 0.15) is 0 Å². The lowest BCUT2D eigenvalue weighted by molar-refractivity contribution is 0.0790. The molecule has 0 aliphatic heterocycles. The molecule has 0 aliphatic rings. The Balaban J connectivity index is 2.12. The Hall–Kier alpha value is -1.32. The minimum absolute atomic E-state index is 0.0674. The lowest BCUT2D eigenvalue weighted by Crippen LogP contribution is -2.25. The van der Waals surface area contributed by atoms with Gasteiger partial charge in [0.15, 0.2) is 0 Å². The fourth-order valence-electron chi connectivity index (χ4n) is 2.15. The number of nitrogens with zero attached hydrogens (tertiary/aromatic N) is 1. The summed E-state index contributed by atoms with van der Waals surface area (Å²) in [5, 5.41) is 0.698. The summed E-state index contributed by atoms with van der Waals surface area (Å²) in [6.45, 7) is 4.74. The zero-order valence-electron chi connectivity index (χ0n) is 11.9. The fraction of sp³-hybridized carbons (Fsp3) is 0.312. The van der Waals surface area contributed by atoms with Gasteiger partial charge in [-0.25, -0.2) is 0 Å². The Kier molecular flexibility index (Phi) is 4.84. The SMILES string of the molecule is CCc1sc(C(=O)N(C)Cc2cccc(Cl)c2)cc1C. The summed E-state index contributed by atoms with van der Waals surface area (Å²) in [6, 6.07) is 9.60. The van der Waals surface area contributed by atoms with Crippen LogP contribution in [0.5, 0.6) is 0 Å². The van der Waals surface area contributed by atoms with Crippen LogP contribution in [-0.2, 0) is 13.0 Å². The second kappa shape index (κ2) is 6.42. The van der Waals surface area contributed by atoms with Crippen molar-refractivity contribution in [1.29, 1.82) is 0 Å². The van der Waals surface area contributed by atoms with E-state index in [1.54, 1.807) is 16.2 Å². The first-order chi connectivity index (χ1) is 9.51. The monoisotopic (exact) mass is 307 g/mol. The Morgan fingerprint density at radius 2 is 2.10 bits per heavy atom. The number of halogens is 1. The average molecular weight is 308 g/mol. The van der Waals surface area contributed by atoms with Crippen molar-refractivity contribution < 1.29 is 4.79 Å². The summed E-state index contributed by atoms with van der Waals surface area (Å²) < 4.78 is 0. The molecule has 1 amide bonds. The van der Waals surface area contributed by atoms with Gasteiger partial charge >= 0.3 is 0 Å². The van der Waals surface area contributed by atoms with Crippen LogP contribution in [0.2, 0.25) is 5.02 Å². The molecule has 20 heavy (non-hydrogen) atoms. The molecule has 0 aliphatic carbocycles. The third kappa shape index (κ3) is 3.41. The lowest BCUT2D eigenvalue weighted by Gasteiger charge is -2.16. The van der Waals surface area contributed by atoms with Gasteiger partial charge in [-0.3, -0.25) is 4.79 Å². The first kappa shape index (κ1) is 15.1. The Bertz CT molecular complexity index is 621. The van der Waals surface area contributed by atoms with E-state index in [9.17, 15) is 4.79 Å². The largest absolute Gasteiger partial charge is 0.337 e. The summed E-state index contributed by atoms with van der Waals surface area (Å²) in [5.74, 6) is 0.0674. The Morgan fingerprint density at radius 3 is 2.70 bits per heavy atom. The van der Waals surface area contributed by atoms with Gasteiger partial charge in [-0.15, -0.1) is 11.3 Å². The average Bonchev–Trinajstić information content (AvgIpc) is 2.79. The molecule has 0 radical (unpaired) electrons. The van der Waals surface area contributed by atoms with E-state index >= 15 is 0 Å². The maximum absolute atomic E-state index is 12.4. The molecule has 0 N–H and O–H groups in total. The van der Waals surface area contributed by atoms with Crippen molar-refractivity contribution in [3.63, 3.8) is 0 Å². The number of rotatable bonds is 4. The van der Waals surface area contributed by atoms with Gasteiger partial charge in [0.2, 0.25) is 0 Å². The number of thiophene rings is 1. The number of amides is 1. The van der Waals surface area contributed by atoms with Crippen molar-refractivity contribution in [2.75, 3.05) is 7.05 Å². The molecule has 106 valence electrons. The number of carbonyl (C=O) groups excluding carboxylic acids is 1. The highest BCUT2D eigenvalue weighted by molar-refractivity contribution is 7.14. The van der Waals surface area contributed by atoms with Crippen molar-refractivity contribution in [2.24, 2.45) is 0 Å². The Morgan fingerprint density at radius 1 is 1.35 bits per heavy atom. The normalized spacial score (nSPS) is 10.6. The molecule has 0 saturated carbocycles. The second-order valence-electron chi connectivity index (χ2n) is 4.86. The first-order valence-electron chi connectivity index (χ1n) is 6.60. The number of aryl methyl sites for hydroxylation is 2. The minimum atomic E-state index is 0.0674. The van der Waals surface area contributed by atoms with Crippen molar-refractivity contribution in [1.82, 2.24) is 4.90 Å². The van der Waals surface area contributed by atoms with Gasteiger partial charge in [-0.05, 0) is 42.7 Å². The third-order valence-electron chi connectivity index (χ3n) is 3.21. The third-order valence-corrected chi connectivity index (χ3v) is 4.81. The standard InChI is InChI=1S/C16H18ClNOS/c1-4-14-11(2)8-15(20-14)16(19)18(3)10-12-6-5-7-13(17)9-12/h5-9H,4,10H2,1-3H3. The number of carbonyl (C=O) groups is 1. The molecule has 4 heteroatoms. The van der Waals surface area contributed by atoms with Crippen LogP contribution in [-0.4, -0.2) is 17.9 Å². The number of benzene rings is 1. The van der Waals surface area contributed by atoms with E-state index in [1.807, 2.05) is 37.4 Å². The van der Waals surface area contributed by atoms with E-state index in [1.165, 1.54) is 10.4 Å². The van der Waals surface area contributed by atoms with Crippen LogP contribution in [0.3, 0.4) is 0 Å². The zero-order chi connectivity index (χ0) is 14.7. The summed E-state index contributed by atoms with van der Waals surface area (Å²) >= 11 is 7.56. The minimum Gasteiger partial charge on any atom is -0.337 e. The van der Waals surface area contributed by atoms with Crippen LogP contribution in [0.25, 0.3) is 0 Å². The van der Waals surface area contributed by atoms with E-state index in [-0.39, 0.29) is 5.91 Å². The Labute approximate surface area is 129 Å². The lowest BCUT2D eigenvalue weighted by atomic mass is 10.2. The molecule has 0 spiro atoms. The van der Waals surface area contributed by atoms with Crippen LogP contribution in [0.15, 0.2) is 30.3 Å². The molecule has 0 bridgehead atoms. The molecular formula is C16H18ClNOS. The van der Waals surface area contributed by atoms with Gasteiger partial charge in [0.05, 0.1) is 4.88 Å². The summed E-state index contributed by atoms with van der Waals surface area (Å²) in [4.78, 5) is 16.2. The molecule has 0 saturated heterocycles. The molecule has 1 aromatic carbocycles. The van der Waals surface area contributed by atoms with Gasteiger partial charge in [-0.2, -0.15) is 0 Å². The maximum Gasteiger partial charge on any atom is 0.263 e. The molecular weight excluding hydrogens is 290 g/mol. The smallest absolute Gasteiger partial charge is 0.263 e. The molecule has 0 unspecified atom stereocenters.